The van der Waals surface area contributed by atoms with Gasteiger partial charge in [-0.3, -0.25) is 4.79 Å². The molecule has 1 amide bonds. The molecule has 0 aromatic heterocycles. The molecule has 0 rings (SSSR count). The van der Waals surface area contributed by atoms with Gasteiger partial charge < -0.3 is 5.32 Å². The largest absolute Gasteiger partial charge is 0.352 e. The minimum absolute atomic E-state index is 0.00838. The van der Waals surface area contributed by atoms with E-state index in [2.05, 4.69) is 17.8 Å². The molecule has 60 valence electrons. The monoisotopic (exact) mass is 151 g/mol. The van der Waals surface area contributed by atoms with Crippen molar-refractivity contribution in [3.05, 3.63) is 12.2 Å². The lowest BCUT2D eigenvalue weighted by molar-refractivity contribution is -0.120. The maximum atomic E-state index is 10.9. The highest BCUT2D eigenvalue weighted by Gasteiger charge is 1.97. The highest BCUT2D eigenvalue weighted by Crippen LogP contribution is 1.87. The second kappa shape index (κ2) is 5.55. The van der Waals surface area contributed by atoms with E-state index >= 15 is 0 Å². The van der Waals surface area contributed by atoms with E-state index in [9.17, 15) is 4.79 Å². The van der Waals surface area contributed by atoms with E-state index in [1.165, 1.54) is 0 Å². The third kappa shape index (κ3) is 6.66. The molecule has 0 heterocycles. The van der Waals surface area contributed by atoms with E-state index in [0.717, 1.165) is 5.57 Å². The fourth-order valence-corrected chi connectivity index (χ4v) is 0.524. The Morgan fingerprint density at radius 1 is 1.73 bits per heavy atom. The molecule has 0 saturated heterocycles. The zero-order valence-corrected chi connectivity index (χ0v) is 6.81. The van der Waals surface area contributed by atoms with Crippen molar-refractivity contribution in [3.63, 3.8) is 0 Å². The summed E-state index contributed by atoms with van der Waals surface area (Å²) in [7, 11) is 0. The quantitative estimate of drug-likeness (QED) is 0.473. The number of carbonyl (C=O) groups is 1. The van der Waals surface area contributed by atoms with Crippen LogP contribution in [0, 0.1) is 12.3 Å². The first-order valence-electron chi connectivity index (χ1n) is 3.51. The molecule has 2 nitrogen and oxygen atoms in total. The molecule has 11 heavy (non-hydrogen) atoms. The highest BCUT2D eigenvalue weighted by molar-refractivity contribution is 5.76. The Bertz CT molecular complexity index is 188. The van der Waals surface area contributed by atoms with Crippen LogP contribution >= 0.6 is 0 Å². The van der Waals surface area contributed by atoms with Crippen LogP contribution in [0.25, 0.3) is 0 Å². The molecule has 0 fully saturated rings. The number of hydrogen-bond donors (Lipinski definition) is 1. The minimum atomic E-state index is -0.00838. The van der Waals surface area contributed by atoms with Gasteiger partial charge in [0.2, 0.25) is 5.91 Å². The number of hydrogen-bond acceptors (Lipinski definition) is 1. The third-order valence-electron chi connectivity index (χ3n) is 1.08. The van der Waals surface area contributed by atoms with Crippen LogP contribution in [0.4, 0.5) is 0 Å². The van der Waals surface area contributed by atoms with E-state index in [0.29, 0.717) is 19.4 Å². The lowest BCUT2D eigenvalue weighted by atomic mass is 10.3. The number of terminal acetylenes is 1. The van der Waals surface area contributed by atoms with Crippen molar-refractivity contribution in [2.24, 2.45) is 0 Å². The molecule has 0 unspecified atom stereocenters. The lowest BCUT2D eigenvalue weighted by Crippen LogP contribution is -2.24. The van der Waals surface area contributed by atoms with Crippen molar-refractivity contribution < 1.29 is 4.79 Å². The van der Waals surface area contributed by atoms with Crippen LogP contribution in [0.15, 0.2) is 12.2 Å². The number of nitrogens with one attached hydrogen (secondary N) is 1. The summed E-state index contributed by atoms with van der Waals surface area (Å²) < 4.78 is 0. The first-order valence-corrected chi connectivity index (χ1v) is 3.51. The normalized spacial score (nSPS) is 8.36. The SMILES string of the molecule is C#CCCC(=O)NCC(=C)C. The van der Waals surface area contributed by atoms with Crippen molar-refractivity contribution in [1.29, 1.82) is 0 Å². The van der Waals surface area contributed by atoms with Gasteiger partial charge in [0, 0.05) is 19.4 Å². The highest BCUT2D eigenvalue weighted by atomic mass is 16.1. The average molecular weight is 151 g/mol. The third-order valence-corrected chi connectivity index (χ3v) is 1.08. The molecule has 0 aliphatic rings. The number of carbonyl (C=O) groups excluding carboxylic acids is 1. The molecule has 0 bridgehead atoms. The molecule has 0 aromatic rings. The molecule has 2 heteroatoms. The standard InChI is InChI=1S/C9H13NO/c1-4-5-6-9(11)10-7-8(2)3/h1H,2,5-7H2,3H3,(H,10,11). The molecule has 0 radical (unpaired) electrons. The van der Waals surface area contributed by atoms with Gasteiger partial charge in [-0.25, -0.2) is 0 Å². The molecular formula is C9H13NO. The summed E-state index contributed by atoms with van der Waals surface area (Å²) in [6, 6.07) is 0. The van der Waals surface area contributed by atoms with Gasteiger partial charge in [-0.05, 0) is 6.92 Å². The molecule has 0 aliphatic heterocycles. The number of rotatable bonds is 4. The molecule has 0 aromatic carbocycles. The number of amides is 1. The molecule has 0 atom stereocenters. The second-order valence-electron chi connectivity index (χ2n) is 2.44. The first-order chi connectivity index (χ1) is 5.16. The summed E-state index contributed by atoms with van der Waals surface area (Å²) in [4.78, 5) is 10.9. The fraction of sp³-hybridized carbons (Fsp3) is 0.444. The Hall–Kier alpha value is -1.23. The Morgan fingerprint density at radius 3 is 2.82 bits per heavy atom. The summed E-state index contributed by atoms with van der Waals surface area (Å²) in [5, 5.41) is 2.68. The van der Waals surface area contributed by atoms with Gasteiger partial charge in [-0.1, -0.05) is 12.2 Å². The van der Waals surface area contributed by atoms with Crippen LogP contribution in [-0.2, 0) is 4.79 Å². The fourth-order valence-electron chi connectivity index (χ4n) is 0.524. The summed E-state index contributed by atoms with van der Waals surface area (Å²) in [5.41, 5.74) is 0.944. The van der Waals surface area contributed by atoms with Crippen LogP contribution < -0.4 is 5.32 Å². The summed E-state index contributed by atoms with van der Waals surface area (Å²) in [5.74, 6) is 2.39. The first kappa shape index (κ1) is 9.77. The van der Waals surface area contributed by atoms with E-state index in [4.69, 9.17) is 6.42 Å². The van der Waals surface area contributed by atoms with Gasteiger partial charge in [0.25, 0.3) is 0 Å². The van der Waals surface area contributed by atoms with Gasteiger partial charge >= 0.3 is 0 Å². The minimum Gasteiger partial charge on any atom is -0.352 e. The van der Waals surface area contributed by atoms with E-state index in [1.54, 1.807) is 0 Å². The van der Waals surface area contributed by atoms with Gasteiger partial charge in [-0.2, -0.15) is 0 Å². The van der Waals surface area contributed by atoms with Crippen LogP contribution in [0.3, 0.4) is 0 Å². The molecule has 1 N–H and O–H groups in total. The maximum Gasteiger partial charge on any atom is 0.221 e. The molecule has 0 spiro atoms. The topological polar surface area (TPSA) is 29.1 Å². The summed E-state index contributed by atoms with van der Waals surface area (Å²) in [6.07, 6.45) is 5.89. The molecule has 0 saturated carbocycles. The van der Waals surface area contributed by atoms with E-state index in [-0.39, 0.29) is 5.91 Å². The van der Waals surface area contributed by atoms with E-state index < -0.39 is 0 Å². The van der Waals surface area contributed by atoms with Gasteiger partial charge in [0.1, 0.15) is 0 Å². The van der Waals surface area contributed by atoms with Gasteiger partial charge in [0.15, 0.2) is 0 Å². The Morgan fingerprint density at radius 2 is 2.36 bits per heavy atom. The Labute approximate surface area is 67.7 Å². The Kier molecular flexibility index (Phi) is 4.93. The van der Waals surface area contributed by atoms with E-state index in [1.807, 2.05) is 6.92 Å². The summed E-state index contributed by atoms with van der Waals surface area (Å²) >= 11 is 0. The van der Waals surface area contributed by atoms with Crippen molar-refractivity contribution in [2.45, 2.75) is 19.8 Å². The van der Waals surface area contributed by atoms with Crippen LogP contribution in [0.5, 0.6) is 0 Å². The van der Waals surface area contributed by atoms with Crippen molar-refractivity contribution in [1.82, 2.24) is 5.32 Å². The molecule has 0 aliphatic carbocycles. The maximum absolute atomic E-state index is 10.9. The van der Waals surface area contributed by atoms with Crippen LogP contribution in [0.2, 0.25) is 0 Å². The summed E-state index contributed by atoms with van der Waals surface area (Å²) in [6.45, 7) is 6.06. The van der Waals surface area contributed by atoms with Crippen molar-refractivity contribution in [3.8, 4) is 12.3 Å². The Balaban J connectivity index is 3.39. The predicted molar refractivity (Wildman–Crippen MR) is 45.9 cm³/mol. The second-order valence-corrected chi connectivity index (χ2v) is 2.44. The lowest BCUT2D eigenvalue weighted by Gasteiger charge is -2.01. The average Bonchev–Trinajstić information content (AvgIpc) is 1.97. The van der Waals surface area contributed by atoms with Crippen LogP contribution in [0.1, 0.15) is 19.8 Å². The van der Waals surface area contributed by atoms with Gasteiger partial charge in [0.05, 0.1) is 0 Å². The zero-order chi connectivity index (χ0) is 8.69. The predicted octanol–water partition coefficient (Wildman–Crippen LogP) is 1.09. The molecular weight excluding hydrogens is 138 g/mol. The smallest absolute Gasteiger partial charge is 0.221 e. The zero-order valence-electron chi connectivity index (χ0n) is 6.81. The van der Waals surface area contributed by atoms with Crippen molar-refractivity contribution in [2.75, 3.05) is 6.54 Å². The van der Waals surface area contributed by atoms with Crippen LogP contribution in [-0.4, -0.2) is 12.5 Å². The van der Waals surface area contributed by atoms with Crippen molar-refractivity contribution >= 4 is 5.91 Å². The van der Waals surface area contributed by atoms with Gasteiger partial charge in [-0.15, -0.1) is 12.3 Å².